The quantitative estimate of drug-likeness (QED) is 0.441. The van der Waals surface area contributed by atoms with Crippen molar-refractivity contribution in [3.05, 3.63) is 41.0 Å². The van der Waals surface area contributed by atoms with Crippen LogP contribution < -0.4 is 4.18 Å². The van der Waals surface area contributed by atoms with Crippen molar-refractivity contribution in [1.82, 2.24) is 0 Å². The minimum absolute atomic E-state index is 0.0365. The van der Waals surface area contributed by atoms with Gasteiger partial charge in [-0.3, -0.25) is 4.79 Å². The van der Waals surface area contributed by atoms with E-state index in [1.54, 1.807) is 39.0 Å². The first-order valence-electron chi connectivity index (χ1n) is 7.66. The highest BCUT2D eigenvalue weighted by atomic mass is 32.2. The van der Waals surface area contributed by atoms with E-state index in [-0.39, 0.29) is 17.6 Å². The highest BCUT2D eigenvalue weighted by Crippen LogP contribution is 2.38. The number of fused-ring (bicyclic) bond motifs is 1. The molecule has 0 spiro atoms. The van der Waals surface area contributed by atoms with Gasteiger partial charge in [-0.1, -0.05) is 24.3 Å². The third kappa shape index (κ3) is 3.92. The van der Waals surface area contributed by atoms with Gasteiger partial charge in [0.25, 0.3) is 0 Å². The van der Waals surface area contributed by atoms with E-state index in [2.05, 4.69) is 4.18 Å². The third-order valence-corrected chi connectivity index (χ3v) is 4.74. The van der Waals surface area contributed by atoms with Crippen molar-refractivity contribution in [1.29, 1.82) is 0 Å². The summed E-state index contributed by atoms with van der Waals surface area (Å²) in [6.07, 6.45) is -0.410. The maximum atomic E-state index is 12.8. The molecule has 0 N–H and O–H groups in total. The second-order valence-corrected chi connectivity index (χ2v) is 7.17. The average Bonchev–Trinajstić information content (AvgIpc) is 2.51. The first-order chi connectivity index (χ1) is 12.0. The van der Waals surface area contributed by atoms with Gasteiger partial charge in [0.15, 0.2) is 5.75 Å². The maximum absolute atomic E-state index is 12.8. The summed E-state index contributed by atoms with van der Waals surface area (Å²) >= 11 is 0. The van der Waals surface area contributed by atoms with Gasteiger partial charge in [0.1, 0.15) is 0 Å². The van der Waals surface area contributed by atoms with E-state index in [9.17, 15) is 26.4 Å². The number of halogens is 3. The normalized spacial score (nSPS) is 12.2. The summed E-state index contributed by atoms with van der Waals surface area (Å²) in [5, 5.41) is 0.702. The third-order valence-electron chi connectivity index (χ3n) is 3.78. The summed E-state index contributed by atoms with van der Waals surface area (Å²) in [7, 11) is -5.89. The SMILES string of the molecule is CCOC(=O)Cc1c(C)cc2c(C)cccc2c1OS(=O)(=O)C(F)(F)F. The van der Waals surface area contributed by atoms with Crippen molar-refractivity contribution in [2.24, 2.45) is 0 Å². The van der Waals surface area contributed by atoms with E-state index in [1.165, 1.54) is 6.07 Å². The van der Waals surface area contributed by atoms with Crippen LogP contribution in [0.4, 0.5) is 13.2 Å². The first-order valence-corrected chi connectivity index (χ1v) is 9.07. The van der Waals surface area contributed by atoms with Crippen LogP contribution in [0.2, 0.25) is 0 Å². The van der Waals surface area contributed by atoms with E-state index >= 15 is 0 Å². The van der Waals surface area contributed by atoms with Crippen LogP contribution in [0.1, 0.15) is 23.6 Å². The largest absolute Gasteiger partial charge is 0.534 e. The van der Waals surface area contributed by atoms with Gasteiger partial charge in [0, 0.05) is 10.9 Å². The number of carbonyl (C=O) groups is 1. The molecule has 2 aromatic carbocycles. The van der Waals surface area contributed by atoms with Crippen LogP contribution in [-0.2, 0) is 26.1 Å². The van der Waals surface area contributed by atoms with Gasteiger partial charge in [0.2, 0.25) is 0 Å². The molecule has 0 radical (unpaired) electrons. The molecule has 0 saturated heterocycles. The fourth-order valence-electron chi connectivity index (χ4n) is 2.54. The van der Waals surface area contributed by atoms with E-state index in [0.29, 0.717) is 10.9 Å². The van der Waals surface area contributed by atoms with Crippen molar-refractivity contribution in [3.63, 3.8) is 0 Å². The topological polar surface area (TPSA) is 69.7 Å². The summed E-state index contributed by atoms with van der Waals surface area (Å²) < 4.78 is 70.8. The minimum atomic E-state index is -5.89. The van der Waals surface area contributed by atoms with Crippen LogP contribution in [0.15, 0.2) is 24.3 Å². The van der Waals surface area contributed by atoms with Crippen molar-refractivity contribution >= 4 is 26.9 Å². The number of ether oxygens (including phenoxy) is 1. The lowest BCUT2D eigenvalue weighted by Gasteiger charge is -2.18. The van der Waals surface area contributed by atoms with Gasteiger partial charge >= 0.3 is 21.6 Å². The average molecular weight is 390 g/mol. The molecule has 0 aromatic heterocycles. The van der Waals surface area contributed by atoms with Crippen LogP contribution in [-0.4, -0.2) is 26.5 Å². The highest BCUT2D eigenvalue weighted by Gasteiger charge is 2.49. The monoisotopic (exact) mass is 390 g/mol. The molecule has 0 fully saturated rings. The summed E-state index contributed by atoms with van der Waals surface area (Å²) in [6, 6.07) is 6.41. The highest BCUT2D eigenvalue weighted by molar-refractivity contribution is 7.88. The van der Waals surface area contributed by atoms with Gasteiger partial charge in [-0.25, -0.2) is 0 Å². The Hall–Kier alpha value is -2.29. The molecule has 0 heterocycles. The number of benzene rings is 2. The Kier molecular flexibility index (Phi) is 5.50. The smallest absolute Gasteiger partial charge is 0.466 e. The molecule has 9 heteroatoms. The molecule has 0 saturated carbocycles. The Labute approximate surface area is 148 Å². The maximum Gasteiger partial charge on any atom is 0.534 e. The molecule has 5 nitrogen and oxygen atoms in total. The predicted molar refractivity (Wildman–Crippen MR) is 89.4 cm³/mol. The summed E-state index contributed by atoms with van der Waals surface area (Å²) in [6.45, 7) is 4.96. The Morgan fingerprint density at radius 3 is 2.35 bits per heavy atom. The van der Waals surface area contributed by atoms with Crippen LogP contribution >= 0.6 is 0 Å². The van der Waals surface area contributed by atoms with Crippen molar-refractivity contribution in [3.8, 4) is 5.75 Å². The van der Waals surface area contributed by atoms with E-state index in [4.69, 9.17) is 4.74 Å². The second kappa shape index (κ2) is 7.14. The van der Waals surface area contributed by atoms with Crippen molar-refractivity contribution in [2.45, 2.75) is 32.7 Å². The fourth-order valence-corrected chi connectivity index (χ4v) is 3.05. The zero-order valence-corrected chi connectivity index (χ0v) is 15.1. The number of carbonyl (C=O) groups excluding carboxylic acids is 1. The Morgan fingerprint density at radius 2 is 1.77 bits per heavy atom. The van der Waals surface area contributed by atoms with Gasteiger partial charge in [-0.2, -0.15) is 21.6 Å². The lowest BCUT2D eigenvalue weighted by atomic mass is 9.96. The number of esters is 1. The van der Waals surface area contributed by atoms with Crippen LogP contribution in [0.25, 0.3) is 10.8 Å². The lowest BCUT2D eigenvalue weighted by Crippen LogP contribution is -2.28. The lowest BCUT2D eigenvalue weighted by molar-refractivity contribution is -0.142. The zero-order chi connectivity index (χ0) is 19.7. The van der Waals surface area contributed by atoms with Crippen LogP contribution in [0.5, 0.6) is 5.75 Å². The molecular formula is C17H17F3O5S. The number of hydrogen-bond donors (Lipinski definition) is 0. The predicted octanol–water partition coefficient (Wildman–Crippen LogP) is 3.79. The molecule has 0 atom stereocenters. The minimum Gasteiger partial charge on any atom is -0.466 e. The van der Waals surface area contributed by atoms with E-state index < -0.39 is 33.8 Å². The van der Waals surface area contributed by atoms with Gasteiger partial charge in [0.05, 0.1) is 13.0 Å². The molecule has 142 valence electrons. The van der Waals surface area contributed by atoms with Crippen LogP contribution in [0, 0.1) is 13.8 Å². The summed E-state index contributed by atoms with van der Waals surface area (Å²) in [5.41, 5.74) is -4.40. The van der Waals surface area contributed by atoms with Crippen molar-refractivity contribution in [2.75, 3.05) is 6.61 Å². The number of rotatable bonds is 5. The molecule has 2 rings (SSSR count). The van der Waals surface area contributed by atoms with Gasteiger partial charge in [-0.05, 0) is 37.3 Å². The Morgan fingerprint density at radius 1 is 1.12 bits per heavy atom. The molecule has 0 aliphatic carbocycles. The van der Waals surface area contributed by atoms with Crippen LogP contribution in [0.3, 0.4) is 0 Å². The molecule has 0 aliphatic heterocycles. The summed E-state index contributed by atoms with van der Waals surface area (Å²) in [4.78, 5) is 11.8. The molecule has 26 heavy (non-hydrogen) atoms. The second-order valence-electron chi connectivity index (χ2n) is 5.64. The Balaban J connectivity index is 2.73. The first kappa shape index (κ1) is 20.0. The number of aryl methyl sites for hydroxylation is 2. The zero-order valence-electron chi connectivity index (χ0n) is 14.3. The molecule has 0 unspecified atom stereocenters. The number of alkyl halides is 3. The van der Waals surface area contributed by atoms with E-state index in [0.717, 1.165) is 5.56 Å². The molecule has 0 amide bonds. The van der Waals surface area contributed by atoms with Gasteiger partial charge < -0.3 is 8.92 Å². The molecule has 0 aliphatic rings. The molecule has 0 bridgehead atoms. The molecular weight excluding hydrogens is 373 g/mol. The standard InChI is InChI=1S/C17H17F3O5S/c1-4-24-15(21)9-14-11(3)8-13-10(2)6-5-7-12(13)16(14)25-26(22,23)17(18,19)20/h5-8H,4,9H2,1-3H3. The fraction of sp³-hybridized carbons (Fsp3) is 0.353. The summed E-state index contributed by atoms with van der Waals surface area (Å²) in [5.74, 6) is -1.20. The van der Waals surface area contributed by atoms with Gasteiger partial charge in [-0.15, -0.1) is 0 Å². The molecule has 2 aromatic rings. The van der Waals surface area contributed by atoms with E-state index in [1.807, 2.05) is 0 Å². The van der Waals surface area contributed by atoms with Crippen molar-refractivity contribution < 1.29 is 35.3 Å². The number of hydrogen-bond acceptors (Lipinski definition) is 5. The Bertz CT molecular complexity index is 949.